The van der Waals surface area contributed by atoms with Crippen LogP contribution in [0.3, 0.4) is 0 Å². The Bertz CT molecular complexity index is 853. The predicted octanol–water partition coefficient (Wildman–Crippen LogP) is 3.87. The van der Waals surface area contributed by atoms with E-state index in [1.165, 1.54) is 12.8 Å². The molecule has 2 aromatic rings. The minimum Gasteiger partial charge on any atom is -0.343 e. The van der Waals surface area contributed by atoms with Gasteiger partial charge in [0.05, 0.1) is 0 Å². The van der Waals surface area contributed by atoms with Crippen molar-refractivity contribution in [1.29, 1.82) is 0 Å². The number of nitrogens with zero attached hydrogens (tertiary/aromatic N) is 5. The van der Waals surface area contributed by atoms with Gasteiger partial charge < -0.3 is 4.90 Å². The third-order valence-corrected chi connectivity index (χ3v) is 5.66. The van der Waals surface area contributed by atoms with Gasteiger partial charge in [0.25, 0.3) is 11.6 Å². The highest BCUT2D eigenvalue weighted by Gasteiger charge is 2.37. The normalized spacial score (nSPS) is 16.4. The molecule has 154 valence electrons. The van der Waals surface area contributed by atoms with E-state index in [2.05, 4.69) is 15.1 Å². The van der Waals surface area contributed by atoms with E-state index in [0.29, 0.717) is 24.2 Å². The van der Waals surface area contributed by atoms with Crippen molar-refractivity contribution in [3.05, 3.63) is 22.8 Å². The molecule has 3 rings (SSSR count). The Balaban J connectivity index is 1.75. The third kappa shape index (κ3) is 4.28. The highest BCUT2D eigenvalue weighted by molar-refractivity contribution is 5.76. The van der Waals surface area contributed by atoms with Crippen molar-refractivity contribution in [3.63, 3.8) is 0 Å². The summed E-state index contributed by atoms with van der Waals surface area (Å²) in [7, 11) is 1.85. The van der Waals surface area contributed by atoms with Gasteiger partial charge in [-0.2, -0.15) is 18.2 Å². The standard InChI is InChI=1S/C19H26F3N5O/c1-12-15(10-11-16(28)26(3)14-8-6-4-5-7-9-14)13(2)27-18(23-12)24-17(25-27)19(20,21)22/h14H,4-11H2,1-3H3. The van der Waals surface area contributed by atoms with Crippen LogP contribution in [0.4, 0.5) is 13.2 Å². The second-order valence-electron chi connectivity index (χ2n) is 7.56. The summed E-state index contributed by atoms with van der Waals surface area (Å²) in [6.45, 7) is 3.41. The zero-order chi connectivity index (χ0) is 20.5. The first kappa shape index (κ1) is 20.5. The van der Waals surface area contributed by atoms with Crippen LogP contribution >= 0.6 is 0 Å². The number of alkyl halides is 3. The van der Waals surface area contributed by atoms with Crippen LogP contribution in [-0.4, -0.2) is 43.5 Å². The van der Waals surface area contributed by atoms with Gasteiger partial charge in [0, 0.05) is 30.9 Å². The third-order valence-electron chi connectivity index (χ3n) is 5.66. The van der Waals surface area contributed by atoms with Crippen LogP contribution in [0.1, 0.15) is 67.7 Å². The van der Waals surface area contributed by atoms with Crippen molar-refractivity contribution < 1.29 is 18.0 Å². The summed E-state index contributed by atoms with van der Waals surface area (Å²) in [6, 6.07) is 0.280. The fourth-order valence-electron chi connectivity index (χ4n) is 3.95. The minimum absolute atomic E-state index is 0.0559. The number of carbonyl (C=O) groups is 1. The Morgan fingerprint density at radius 1 is 1.14 bits per heavy atom. The summed E-state index contributed by atoms with van der Waals surface area (Å²) in [6.07, 6.45) is 2.90. The lowest BCUT2D eigenvalue weighted by atomic mass is 10.0. The molecule has 0 unspecified atom stereocenters. The van der Waals surface area contributed by atoms with Gasteiger partial charge in [0.15, 0.2) is 0 Å². The van der Waals surface area contributed by atoms with E-state index in [4.69, 9.17) is 0 Å². The van der Waals surface area contributed by atoms with Gasteiger partial charge in [-0.1, -0.05) is 25.7 Å². The van der Waals surface area contributed by atoms with Gasteiger partial charge in [0.2, 0.25) is 5.91 Å². The average molecular weight is 397 g/mol. The van der Waals surface area contributed by atoms with E-state index in [1.807, 2.05) is 11.9 Å². The Labute approximate surface area is 162 Å². The molecule has 9 heteroatoms. The fraction of sp³-hybridized carbons (Fsp3) is 0.684. The second-order valence-corrected chi connectivity index (χ2v) is 7.56. The van der Waals surface area contributed by atoms with Crippen molar-refractivity contribution in [2.45, 2.75) is 77.4 Å². The van der Waals surface area contributed by atoms with Gasteiger partial charge in [-0.25, -0.2) is 9.50 Å². The molecule has 0 aliphatic heterocycles. The molecule has 1 fully saturated rings. The smallest absolute Gasteiger partial charge is 0.343 e. The molecule has 2 heterocycles. The lowest BCUT2D eigenvalue weighted by molar-refractivity contribution is -0.144. The number of hydrogen-bond donors (Lipinski definition) is 0. The van der Waals surface area contributed by atoms with Crippen molar-refractivity contribution in [3.8, 4) is 0 Å². The number of carbonyl (C=O) groups excluding carboxylic acids is 1. The van der Waals surface area contributed by atoms with Crippen LogP contribution < -0.4 is 0 Å². The monoisotopic (exact) mass is 397 g/mol. The number of aryl methyl sites for hydroxylation is 2. The molecule has 1 aliphatic rings. The van der Waals surface area contributed by atoms with Crippen molar-refractivity contribution in [1.82, 2.24) is 24.5 Å². The SMILES string of the molecule is Cc1nc2nc(C(F)(F)F)nn2c(C)c1CCC(=O)N(C)C1CCCCCC1. The molecular weight excluding hydrogens is 371 g/mol. The average Bonchev–Trinajstić information content (AvgIpc) is 2.88. The highest BCUT2D eigenvalue weighted by atomic mass is 19.4. The molecule has 0 atom stereocenters. The van der Waals surface area contributed by atoms with E-state index in [1.54, 1.807) is 13.8 Å². The molecule has 1 aliphatic carbocycles. The summed E-state index contributed by atoms with van der Waals surface area (Å²) in [5.41, 5.74) is 1.86. The maximum atomic E-state index is 12.9. The number of aromatic nitrogens is 4. The van der Waals surface area contributed by atoms with Gasteiger partial charge in [0.1, 0.15) is 0 Å². The topological polar surface area (TPSA) is 63.4 Å². The minimum atomic E-state index is -4.62. The highest BCUT2D eigenvalue weighted by Crippen LogP contribution is 2.27. The molecule has 2 aromatic heterocycles. The molecule has 28 heavy (non-hydrogen) atoms. The van der Waals surface area contributed by atoms with E-state index in [9.17, 15) is 18.0 Å². The zero-order valence-electron chi connectivity index (χ0n) is 16.5. The molecule has 1 saturated carbocycles. The van der Waals surface area contributed by atoms with Crippen molar-refractivity contribution in [2.75, 3.05) is 7.05 Å². The van der Waals surface area contributed by atoms with Crippen LogP contribution in [-0.2, 0) is 17.4 Å². The summed E-state index contributed by atoms with van der Waals surface area (Å²) in [4.78, 5) is 22.2. The van der Waals surface area contributed by atoms with Gasteiger partial charge in [-0.15, -0.1) is 5.10 Å². The van der Waals surface area contributed by atoms with Crippen LogP contribution in [0.2, 0.25) is 0 Å². The Kier molecular flexibility index (Phi) is 5.90. The Morgan fingerprint density at radius 3 is 2.39 bits per heavy atom. The molecule has 0 aromatic carbocycles. The molecule has 0 radical (unpaired) electrons. The largest absolute Gasteiger partial charge is 0.453 e. The molecule has 0 N–H and O–H groups in total. The van der Waals surface area contributed by atoms with Crippen LogP contribution in [0.25, 0.3) is 5.78 Å². The van der Waals surface area contributed by atoms with Crippen molar-refractivity contribution in [2.24, 2.45) is 0 Å². The van der Waals surface area contributed by atoms with Gasteiger partial charge in [-0.05, 0) is 38.7 Å². The Hall–Kier alpha value is -2.19. The molecule has 1 amide bonds. The number of amides is 1. The van der Waals surface area contributed by atoms with Crippen molar-refractivity contribution >= 4 is 11.7 Å². The van der Waals surface area contributed by atoms with Crippen LogP contribution in [0, 0.1) is 13.8 Å². The zero-order valence-corrected chi connectivity index (χ0v) is 16.5. The lowest BCUT2D eigenvalue weighted by Crippen LogP contribution is -2.36. The van der Waals surface area contributed by atoms with E-state index >= 15 is 0 Å². The fourth-order valence-corrected chi connectivity index (χ4v) is 3.95. The Morgan fingerprint density at radius 2 is 1.79 bits per heavy atom. The molecule has 0 saturated heterocycles. The number of halogens is 3. The predicted molar refractivity (Wildman–Crippen MR) is 97.8 cm³/mol. The number of rotatable bonds is 4. The molecule has 0 bridgehead atoms. The summed E-state index contributed by atoms with van der Waals surface area (Å²) in [5, 5.41) is 3.55. The van der Waals surface area contributed by atoms with Gasteiger partial charge in [-0.3, -0.25) is 4.79 Å². The maximum Gasteiger partial charge on any atom is 0.453 e. The first-order valence-corrected chi connectivity index (χ1v) is 9.74. The van der Waals surface area contributed by atoms with Gasteiger partial charge >= 0.3 is 6.18 Å². The first-order chi connectivity index (χ1) is 13.2. The number of fused-ring (bicyclic) bond motifs is 1. The van der Waals surface area contributed by atoms with Crippen LogP contribution in [0.15, 0.2) is 0 Å². The number of hydrogen-bond acceptors (Lipinski definition) is 4. The first-order valence-electron chi connectivity index (χ1n) is 9.74. The molecular formula is C19H26F3N5O. The van der Waals surface area contributed by atoms with E-state index in [0.717, 1.165) is 35.8 Å². The molecule has 6 nitrogen and oxygen atoms in total. The van der Waals surface area contributed by atoms with E-state index in [-0.39, 0.29) is 17.7 Å². The summed E-state index contributed by atoms with van der Waals surface area (Å²) in [5.74, 6) is -1.22. The lowest BCUT2D eigenvalue weighted by Gasteiger charge is -2.27. The van der Waals surface area contributed by atoms with E-state index < -0.39 is 12.0 Å². The van der Waals surface area contributed by atoms with Crippen LogP contribution in [0.5, 0.6) is 0 Å². The molecule has 0 spiro atoms. The summed E-state index contributed by atoms with van der Waals surface area (Å²) >= 11 is 0. The summed E-state index contributed by atoms with van der Waals surface area (Å²) < 4.78 is 39.8. The maximum absolute atomic E-state index is 12.9. The second kappa shape index (κ2) is 8.05. The quantitative estimate of drug-likeness (QED) is 0.735.